The predicted octanol–water partition coefficient (Wildman–Crippen LogP) is 1.66. The van der Waals surface area contributed by atoms with Crippen LogP contribution < -0.4 is 11.1 Å². The Morgan fingerprint density at radius 1 is 1.46 bits per heavy atom. The van der Waals surface area contributed by atoms with Crippen LogP contribution >= 0.6 is 0 Å². The highest BCUT2D eigenvalue weighted by atomic mass is 16.1. The van der Waals surface area contributed by atoms with E-state index in [0.29, 0.717) is 12.3 Å². The van der Waals surface area contributed by atoms with Crippen molar-refractivity contribution in [1.82, 2.24) is 20.2 Å². The average molecular weight is 356 g/mol. The van der Waals surface area contributed by atoms with Gasteiger partial charge in [-0.15, -0.1) is 0 Å². The maximum Gasteiger partial charge on any atom is 0.217 e. The normalized spacial score (nSPS) is 18.3. The number of hydrogen-bond donors (Lipinski definition) is 3. The van der Waals surface area contributed by atoms with Crippen LogP contribution in [0.15, 0.2) is 29.3 Å². The standard InChI is InChI=1S/C19H28N6O/c1-21-19(25-11-5-6-14(13-25)12-17(20)26)22-10-4-9-18-23-15-7-2-3-8-16(15)24-18/h2-3,7-8,14H,4-6,9-13H2,1H3,(H2,20,26)(H,21,22)(H,23,24). The molecule has 7 nitrogen and oxygen atoms in total. The number of H-pyrrole nitrogens is 1. The Labute approximate surface area is 154 Å². The van der Waals surface area contributed by atoms with Gasteiger partial charge in [0.05, 0.1) is 11.0 Å². The molecule has 1 aromatic carbocycles. The maximum atomic E-state index is 11.2. The number of amides is 1. The quantitative estimate of drug-likeness (QED) is 0.416. The molecule has 2 aromatic rings. The van der Waals surface area contributed by atoms with E-state index in [-0.39, 0.29) is 5.91 Å². The van der Waals surface area contributed by atoms with Gasteiger partial charge in [-0.3, -0.25) is 9.79 Å². The minimum Gasteiger partial charge on any atom is -0.370 e. The molecule has 140 valence electrons. The van der Waals surface area contributed by atoms with Gasteiger partial charge in [0.2, 0.25) is 5.91 Å². The smallest absolute Gasteiger partial charge is 0.217 e. The van der Waals surface area contributed by atoms with Crippen LogP contribution in [-0.4, -0.2) is 53.4 Å². The number of aromatic amines is 1. The number of fused-ring (bicyclic) bond motifs is 1. The van der Waals surface area contributed by atoms with Crippen molar-refractivity contribution >= 4 is 22.9 Å². The molecular weight excluding hydrogens is 328 g/mol. The number of carbonyl (C=O) groups is 1. The van der Waals surface area contributed by atoms with Gasteiger partial charge in [-0.25, -0.2) is 4.98 Å². The fourth-order valence-electron chi connectivity index (χ4n) is 3.62. The highest BCUT2D eigenvalue weighted by Gasteiger charge is 2.23. The Morgan fingerprint density at radius 2 is 2.31 bits per heavy atom. The number of hydrogen-bond acceptors (Lipinski definition) is 3. The van der Waals surface area contributed by atoms with Crippen molar-refractivity contribution in [2.45, 2.75) is 32.1 Å². The van der Waals surface area contributed by atoms with Crippen LogP contribution in [0.3, 0.4) is 0 Å². The number of carbonyl (C=O) groups excluding carboxylic acids is 1. The van der Waals surface area contributed by atoms with E-state index in [4.69, 9.17) is 5.73 Å². The Hall–Kier alpha value is -2.57. The Kier molecular flexibility index (Phi) is 6.09. The summed E-state index contributed by atoms with van der Waals surface area (Å²) in [5.74, 6) is 2.03. The van der Waals surface area contributed by atoms with Crippen LogP contribution in [0.1, 0.15) is 31.5 Å². The molecule has 1 fully saturated rings. The number of guanidine groups is 1. The van der Waals surface area contributed by atoms with Gasteiger partial charge in [-0.05, 0) is 37.3 Å². The second kappa shape index (κ2) is 8.69. The topological polar surface area (TPSA) is 99.4 Å². The molecule has 0 spiro atoms. The summed E-state index contributed by atoms with van der Waals surface area (Å²) in [5.41, 5.74) is 7.44. The summed E-state index contributed by atoms with van der Waals surface area (Å²) < 4.78 is 0. The molecule has 1 unspecified atom stereocenters. The second-order valence-electron chi connectivity index (χ2n) is 6.90. The highest BCUT2D eigenvalue weighted by molar-refractivity contribution is 5.80. The SMILES string of the molecule is CN=C(NCCCc1nc2ccccc2[nH]1)N1CCCC(CC(N)=O)C1. The second-order valence-corrected chi connectivity index (χ2v) is 6.90. The number of likely N-dealkylation sites (tertiary alicyclic amines) is 1. The lowest BCUT2D eigenvalue weighted by Crippen LogP contribution is -2.47. The third-order valence-corrected chi connectivity index (χ3v) is 4.83. The zero-order valence-electron chi connectivity index (χ0n) is 15.4. The summed E-state index contributed by atoms with van der Waals surface area (Å²) in [5, 5.41) is 3.44. The Bertz CT molecular complexity index is 735. The molecule has 1 aliphatic rings. The van der Waals surface area contributed by atoms with Crippen molar-refractivity contribution in [2.24, 2.45) is 16.6 Å². The number of benzene rings is 1. The molecule has 1 saturated heterocycles. The fourth-order valence-corrected chi connectivity index (χ4v) is 3.62. The number of nitrogens with zero attached hydrogens (tertiary/aromatic N) is 3. The summed E-state index contributed by atoms with van der Waals surface area (Å²) in [4.78, 5) is 25.8. The van der Waals surface area contributed by atoms with E-state index in [2.05, 4.69) is 25.2 Å². The number of aryl methyl sites for hydroxylation is 1. The Balaban J connectivity index is 1.45. The van der Waals surface area contributed by atoms with Gasteiger partial charge in [0.15, 0.2) is 5.96 Å². The third-order valence-electron chi connectivity index (χ3n) is 4.83. The van der Waals surface area contributed by atoms with Crippen molar-refractivity contribution in [3.63, 3.8) is 0 Å². The zero-order valence-corrected chi connectivity index (χ0v) is 15.4. The molecule has 0 radical (unpaired) electrons. The molecular formula is C19H28N6O. The van der Waals surface area contributed by atoms with Gasteiger partial charge >= 0.3 is 0 Å². The van der Waals surface area contributed by atoms with E-state index < -0.39 is 0 Å². The first-order valence-electron chi connectivity index (χ1n) is 9.33. The number of para-hydroxylation sites is 2. The van der Waals surface area contributed by atoms with Gasteiger partial charge in [0, 0.05) is 39.5 Å². The summed E-state index contributed by atoms with van der Waals surface area (Å²) in [6, 6.07) is 8.08. The number of nitrogens with two attached hydrogens (primary N) is 1. The largest absolute Gasteiger partial charge is 0.370 e. The molecule has 0 saturated carbocycles. The number of aliphatic imine (C=N–C) groups is 1. The van der Waals surface area contributed by atoms with E-state index in [1.54, 1.807) is 7.05 Å². The monoisotopic (exact) mass is 356 g/mol. The lowest BCUT2D eigenvalue weighted by molar-refractivity contribution is -0.119. The number of nitrogens with one attached hydrogen (secondary N) is 2. The van der Waals surface area contributed by atoms with Crippen molar-refractivity contribution in [2.75, 3.05) is 26.7 Å². The molecule has 26 heavy (non-hydrogen) atoms. The zero-order chi connectivity index (χ0) is 18.4. The molecule has 7 heteroatoms. The molecule has 3 rings (SSSR count). The first-order valence-corrected chi connectivity index (χ1v) is 9.33. The first-order chi connectivity index (χ1) is 12.7. The van der Waals surface area contributed by atoms with Gasteiger partial charge in [0.25, 0.3) is 0 Å². The highest BCUT2D eigenvalue weighted by Crippen LogP contribution is 2.19. The van der Waals surface area contributed by atoms with Crippen LogP contribution in [0, 0.1) is 5.92 Å². The van der Waals surface area contributed by atoms with Gasteiger partial charge < -0.3 is 20.9 Å². The van der Waals surface area contributed by atoms with Crippen molar-refractivity contribution < 1.29 is 4.79 Å². The summed E-state index contributed by atoms with van der Waals surface area (Å²) in [6.07, 6.45) is 4.44. The van der Waals surface area contributed by atoms with Crippen LogP contribution in [-0.2, 0) is 11.2 Å². The molecule has 0 aliphatic carbocycles. The van der Waals surface area contributed by atoms with Crippen molar-refractivity contribution in [3.05, 3.63) is 30.1 Å². The van der Waals surface area contributed by atoms with Gasteiger partial charge in [-0.1, -0.05) is 12.1 Å². The van der Waals surface area contributed by atoms with E-state index in [1.807, 2.05) is 24.3 Å². The van der Waals surface area contributed by atoms with E-state index in [9.17, 15) is 4.79 Å². The molecule has 1 aromatic heterocycles. The molecule has 4 N–H and O–H groups in total. The molecule has 1 amide bonds. The number of imidazole rings is 1. The van der Waals surface area contributed by atoms with Crippen LogP contribution in [0.4, 0.5) is 0 Å². The van der Waals surface area contributed by atoms with E-state index in [1.165, 1.54) is 0 Å². The average Bonchev–Trinajstić information content (AvgIpc) is 3.04. The number of primary amides is 1. The van der Waals surface area contributed by atoms with Gasteiger partial charge in [0.1, 0.15) is 5.82 Å². The minimum atomic E-state index is -0.217. The predicted molar refractivity (Wildman–Crippen MR) is 104 cm³/mol. The molecule has 1 aliphatic heterocycles. The Morgan fingerprint density at radius 3 is 3.08 bits per heavy atom. The summed E-state index contributed by atoms with van der Waals surface area (Å²) in [6.45, 7) is 2.64. The van der Waals surface area contributed by atoms with Crippen molar-refractivity contribution in [3.8, 4) is 0 Å². The molecule has 1 atom stereocenters. The van der Waals surface area contributed by atoms with Crippen LogP contribution in [0.5, 0.6) is 0 Å². The molecule has 2 heterocycles. The van der Waals surface area contributed by atoms with Crippen LogP contribution in [0.2, 0.25) is 0 Å². The van der Waals surface area contributed by atoms with Crippen LogP contribution in [0.25, 0.3) is 11.0 Å². The molecule has 0 bridgehead atoms. The number of piperidine rings is 1. The lowest BCUT2D eigenvalue weighted by Gasteiger charge is -2.34. The van der Waals surface area contributed by atoms with E-state index >= 15 is 0 Å². The fraction of sp³-hybridized carbons (Fsp3) is 0.526. The first kappa shape index (κ1) is 18.2. The summed E-state index contributed by atoms with van der Waals surface area (Å²) >= 11 is 0. The van der Waals surface area contributed by atoms with Crippen molar-refractivity contribution in [1.29, 1.82) is 0 Å². The van der Waals surface area contributed by atoms with E-state index in [0.717, 1.165) is 68.1 Å². The summed E-state index contributed by atoms with van der Waals surface area (Å²) in [7, 11) is 1.80. The van der Waals surface area contributed by atoms with Gasteiger partial charge in [-0.2, -0.15) is 0 Å². The third kappa shape index (κ3) is 4.74. The minimum absolute atomic E-state index is 0.217. The maximum absolute atomic E-state index is 11.2. The number of aromatic nitrogens is 2. The lowest BCUT2D eigenvalue weighted by atomic mass is 9.95. The number of rotatable bonds is 6.